The van der Waals surface area contributed by atoms with Gasteiger partial charge in [-0.3, -0.25) is 0 Å². The maximum atomic E-state index is 10.1. The van der Waals surface area contributed by atoms with Crippen molar-refractivity contribution >= 4 is 15.9 Å². The van der Waals surface area contributed by atoms with Crippen LogP contribution >= 0.6 is 15.9 Å². The summed E-state index contributed by atoms with van der Waals surface area (Å²) >= 11 is 3.23. The van der Waals surface area contributed by atoms with Crippen LogP contribution < -0.4 is 0 Å². The Morgan fingerprint density at radius 1 is 1.60 bits per heavy atom. The van der Waals surface area contributed by atoms with E-state index in [1.54, 1.807) is 7.05 Å². The molecular weight excluding hydrogens is 266 g/mol. The van der Waals surface area contributed by atoms with Crippen LogP contribution in [-0.4, -0.2) is 46.0 Å². The van der Waals surface area contributed by atoms with Crippen LogP contribution in [0.15, 0.2) is 4.60 Å². The molecule has 1 aromatic rings. The zero-order valence-electron chi connectivity index (χ0n) is 8.26. The van der Waals surface area contributed by atoms with Crippen LogP contribution in [0, 0.1) is 0 Å². The van der Waals surface area contributed by atoms with Crippen LogP contribution in [0.2, 0.25) is 0 Å². The van der Waals surface area contributed by atoms with Crippen LogP contribution in [0.25, 0.3) is 0 Å². The molecule has 0 aromatic carbocycles. The van der Waals surface area contributed by atoms with Crippen molar-refractivity contribution in [1.29, 1.82) is 0 Å². The largest absolute Gasteiger partial charge is 0.384 e. The van der Waals surface area contributed by atoms with E-state index < -0.39 is 6.10 Å². The molecule has 1 aliphatic heterocycles. The van der Waals surface area contributed by atoms with E-state index in [2.05, 4.69) is 26.2 Å². The molecule has 0 saturated carbocycles. The summed E-state index contributed by atoms with van der Waals surface area (Å²) < 4.78 is 12.7. The Bertz CT molecular complexity index is 318. The number of aromatic nitrogens is 3. The van der Waals surface area contributed by atoms with E-state index in [1.807, 2.05) is 0 Å². The van der Waals surface area contributed by atoms with Gasteiger partial charge in [-0.1, -0.05) is 5.21 Å². The van der Waals surface area contributed by atoms with Crippen molar-refractivity contribution in [3.63, 3.8) is 0 Å². The summed E-state index contributed by atoms with van der Waals surface area (Å²) in [5.74, 6) is 0. The number of aryl methyl sites for hydroxylation is 1. The zero-order chi connectivity index (χ0) is 10.8. The molecule has 6 nitrogen and oxygen atoms in total. The predicted molar refractivity (Wildman–Crippen MR) is 54.2 cm³/mol. The molecule has 0 radical (unpaired) electrons. The fraction of sp³-hybridized carbons (Fsp3) is 0.750. The van der Waals surface area contributed by atoms with Gasteiger partial charge in [0.1, 0.15) is 17.9 Å². The lowest BCUT2D eigenvalue weighted by molar-refractivity contribution is -0.135. The van der Waals surface area contributed by atoms with E-state index >= 15 is 0 Å². The van der Waals surface area contributed by atoms with Gasteiger partial charge in [-0.2, -0.15) is 0 Å². The van der Waals surface area contributed by atoms with Crippen molar-refractivity contribution in [2.24, 2.45) is 7.05 Å². The Balaban J connectivity index is 2.15. The summed E-state index contributed by atoms with van der Waals surface area (Å²) in [6.07, 6.45) is -1.13. The van der Waals surface area contributed by atoms with Gasteiger partial charge in [-0.05, 0) is 15.9 Å². The highest BCUT2D eigenvalue weighted by Crippen LogP contribution is 2.25. The van der Waals surface area contributed by atoms with Gasteiger partial charge in [0.2, 0.25) is 0 Å². The zero-order valence-corrected chi connectivity index (χ0v) is 9.85. The minimum Gasteiger partial charge on any atom is -0.384 e. The van der Waals surface area contributed by atoms with E-state index in [0.29, 0.717) is 30.1 Å². The summed E-state index contributed by atoms with van der Waals surface area (Å²) in [6.45, 7) is 1.47. The predicted octanol–water partition coefficient (Wildman–Crippen LogP) is 0.0264. The minimum absolute atomic E-state index is 0.354. The Hall–Kier alpha value is -0.500. The summed E-state index contributed by atoms with van der Waals surface area (Å²) in [5, 5.41) is 17.7. The summed E-state index contributed by atoms with van der Waals surface area (Å²) in [6, 6.07) is 0. The van der Waals surface area contributed by atoms with E-state index in [-0.39, 0.29) is 6.10 Å². The summed E-state index contributed by atoms with van der Waals surface area (Å²) in [5.41, 5.74) is 0.602. The van der Waals surface area contributed by atoms with Crippen LogP contribution in [-0.2, 0) is 16.5 Å². The van der Waals surface area contributed by atoms with E-state index in [0.717, 1.165) is 0 Å². The van der Waals surface area contributed by atoms with Crippen LogP contribution in [0.5, 0.6) is 0 Å². The quantitative estimate of drug-likeness (QED) is 0.826. The molecule has 2 heterocycles. The van der Waals surface area contributed by atoms with Gasteiger partial charge in [0, 0.05) is 7.05 Å². The maximum Gasteiger partial charge on any atom is 0.154 e. The van der Waals surface area contributed by atoms with Gasteiger partial charge in [-0.25, -0.2) is 4.68 Å². The van der Waals surface area contributed by atoms with Crippen molar-refractivity contribution in [2.45, 2.75) is 12.2 Å². The van der Waals surface area contributed by atoms with E-state index in [1.165, 1.54) is 4.68 Å². The highest BCUT2D eigenvalue weighted by atomic mass is 79.9. The molecule has 1 aromatic heterocycles. The molecule has 1 saturated heterocycles. The number of aliphatic hydroxyl groups excluding tert-OH is 1. The lowest BCUT2D eigenvalue weighted by atomic mass is 10.1. The lowest BCUT2D eigenvalue weighted by Gasteiger charge is -2.27. The van der Waals surface area contributed by atoms with Crippen molar-refractivity contribution in [1.82, 2.24) is 15.0 Å². The van der Waals surface area contributed by atoms with Crippen molar-refractivity contribution < 1.29 is 14.6 Å². The average molecular weight is 278 g/mol. The third kappa shape index (κ3) is 2.20. The molecule has 2 rings (SSSR count). The third-order valence-electron chi connectivity index (χ3n) is 2.30. The molecule has 1 fully saturated rings. The Morgan fingerprint density at radius 2 is 2.40 bits per heavy atom. The van der Waals surface area contributed by atoms with Crippen LogP contribution in [0.1, 0.15) is 11.8 Å². The fourth-order valence-electron chi connectivity index (χ4n) is 1.52. The molecule has 7 heteroatoms. The first-order valence-electron chi connectivity index (χ1n) is 4.62. The normalized spacial score (nSPS) is 24.1. The number of hydrogen-bond acceptors (Lipinski definition) is 5. The first-order chi connectivity index (χ1) is 7.20. The maximum absolute atomic E-state index is 10.1. The van der Waals surface area contributed by atoms with Gasteiger partial charge in [0.15, 0.2) is 4.60 Å². The molecule has 1 aliphatic rings. The summed E-state index contributed by atoms with van der Waals surface area (Å²) in [4.78, 5) is 0. The highest BCUT2D eigenvalue weighted by Gasteiger charge is 2.29. The number of nitrogens with zero attached hydrogens (tertiary/aromatic N) is 3. The molecule has 0 aliphatic carbocycles. The molecule has 0 amide bonds. The smallest absolute Gasteiger partial charge is 0.154 e. The van der Waals surface area contributed by atoms with E-state index in [4.69, 9.17) is 9.47 Å². The third-order valence-corrected chi connectivity index (χ3v) is 2.87. The molecule has 84 valence electrons. The number of hydrogen-bond donors (Lipinski definition) is 1. The molecule has 0 spiro atoms. The Morgan fingerprint density at radius 3 is 2.93 bits per heavy atom. The van der Waals surface area contributed by atoms with Gasteiger partial charge in [-0.15, -0.1) is 5.10 Å². The van der Waals surface area contributed by atoms with Gasteiger partial charge in [0.05, 0.1) is 19.8 Å². The fourth-order valence-corrected chi connectivity index (χ4v) is 2.08. The molecule has 15 heavy (non-hydrogen) atoms. The first kappa shape index (κ1) is 11.0. The minimum atomic E-state index is -0.778. The highest BCUT2D eigenvalue weighted by molar-refractivity contribution is 9.10. The van der Waals surface area contributed by atoms with Crippen LogP contribution in [0.4, 0.5) is 0 Å². The molecule has 0 bridgehead atoms. The van der Waals surface area contributed by atoms with Crippen molar-refractivity contribution in [2.75, 3.05) is 19.8 Å². The second-order valence-electron chi connectivity index (χ2n) is 3.32. The summed E-state index contributed by atoms with van der Waals surface area (Å²) in [7, 11) is 1.72. The topological polar surface area (TPSA) is 69.4 Å². The number of aliphatic hydroxyl groups is 1. The number of rotatable bonds is 2. The second-order valence-corrected chi connectivity index (χ2v) is 4.07. The SMILES string of the molecule is Cn1nnc(Br)c1C(O)C1COCCO1. The van der Waals surface area contributed by atoms with Crippen LogP contribution in [0.3, 0.4) is 0 Å². The van der Waals surface area contributed by atoms with E-state index in [9.17, 15) is 5.11 Å². The standard InChI is InChI=1S/C8H12BrN3O3/c1-12-6(8(9)10-11-12)7(13)5-4-14-2-3-15-5/h5,7,13H,2-4H2,1H3. The second kappa shape index (κ2) is 4.56. The molecule has 1 N–H and O–H groups in total. The molecule has 2 unspecified atom stereocenters. The monoisotopic (exact) mass is 277 g/mol. The van der Waals surface area contributed by atoms with Gasteiger partial charge < -0.3 is 14.6 Å². The van der Waals surface area contributed by atoms with Crippen molar-refractivity contribution in [3.8, 4) is 0 Å². The molecular formula is C8H12BrN3O3. The molecule has 2 atom stereocenters. The number of halogens is 1. The van der Waals surface area contributed by atoms with Gasteiger partial charge >= 0.3 is 0 Å². The lowest BCUT2D eigenvalue weighted by Crippen LogP contribution is -2.34. The Labute approximate surface area is 95.3 Å². The average Bonchev–Trinajstić information content (AvgIpc) is 2.59. The van der Waals surface area contributed by atoms with Crippen molar-refractivity contribution in [3.05, 3.63) is 10.3 Å². The Kier molecular flexibility index (Phi) is 3.35. The van der Waals surface area contributed by atoms with Gasteiger partial charge in [0.25, 0.3) is 0 Å². The number of ether oxygens (including phenoxy) is 2. The first-order valence-corrected chi connectivity index (χ1v) is 5.42.